The van der Waals surface area contributed by atoms with Crippen molar-refractivity contribution >= 4 is 11.9 Å². The van der Waals surface area contributed by atoms with Gasteiger partial charge in [-0.05, 0) is 0 Å². The Morgan fingerprint density at radius 1 is 1.44 bits per heavy atom. The van der Waals surface area contributed by atoms with E-state index in [9.17, 15) is 22.8 Å². The van der Waals surface area contributed by atoms with Crippen LogP contribution in [0.25, 0.3) is 0 Å². The Morgan fingerprint density at radius 2 is 2.20 bits per heavy atom. The number of hydrogen-bond acceptors (Lipinski definition) is 5. The van der Waals surface area contributed by atoms with Gasteiger partial charge in [0.1, 0.15) is 12.4 Å². The normalized spacial score (nSPS) is 18.8. The second-order valence-electron chi connectivity index (χ2n) is 5.75. The largest absolute Gasteiger partial charge is 0.405 e. The van der Waals surface area contributed by atoms with Crippen molar-refractivity contribution in [1.29, 1.82) is 0 Å². The van der Waals surface area contributed by atoms with Crippen molar-refractivity contribution in [3.63, 3.8) is 0 Å². The summed E-state index contributed by atoms with van der Waals surface area (Å²) in [5.41, 5.74) is 0. The first kappa shape index (κ1) is 19.2. The summed E-state index contributed by atoms with van der Waals surface area (Å²) < 4.78 is 37.9. The molecule has 1 aliphatic heterocycles. The highest BCUT2D eigenvalue weighted by molar-refractivity contribution is 5.94. The molecule has 3 N–H and O–H groups in total. The lowest BCUT2D eigenvalue weighted by Crippen LogP contribution is -2.48. The number of piperazine rings is 1. The number of carbonyl (C=O) groups excluding carboxylic acids is 2. The zero-order valence-electron chi connectivity index (χ0n) is 13.8. The molecule has 0 saturated carbocycles. The molecular weight excluding hydrogens is 341 g/mol. The van der Waals surface area contributed by atoms with Crippen LogP contribution in [0.15, 0.2) is 12.4 Å². The van der Waals surface area contributed by atoms with E-state index in [4.69, 9.17) is 0 Å². The summed E-state index contributed by atoms with van der Waals surface area (Å²) in [7, 11) is 1.88. The molecule has 8 nitrogen and oxygen atoms in total. The van der Waals surface area contributed by atoms with E-state index in [0.717, 1.165) is 12.4 Å². The predicted molar refractivity (Wildman–Crippen MR) is 82.6 cm³/mol. The minimum atomic E-state index is -4.52. The molecule has 1 aliphatic rings. The number of carbonyl (C=O) groups is 2. The van der Waals surface area contributed by atoms with Crippen LogP contribution in [0.5, 0.6) is 0 Å². The van der Waals surface area contributed by atoms with Crippen LogP contribution in [0.1, 0.15) is 18.3 Å². The molecule has 0 spiro atoms. The fourth-order valence-electron chi connectivity index (χ4n) is 2.63. The van der Waals surface area contributed by atoms with E-state index >= 15 is 0 Å². The van der Waals surface area contributed by atoms with E-state index in [-0.39, 0.29) is 12.5 Å². The number of imidazole rings is 1. The Morgan fingerprint density at radius 3 is 2.84 bits per heavy atom. The number of halogens is 3. The molecule has 2 rings (SSSR count). The molecule has 11 heteroatoms. The lowest BCUT2D eigenvalue weighted by molar-refractivity contribution is -0.124. The van der Waals surface area contributed by atoms with Gasteiger partial charge >= 0.3 is 12.2 Å². The number of nitrogens with one attached hydrogen (secondary N) is 3. The van der Waals surface area contributed by atoms with Gasteiger partial charge in [-0.2, -0.15) is 13.2 Å². The molecule has 1 aromatic rings. The van der Waals surface area contributed by atoms with Gasteiger partial charge in [-0.25, -0.2) is 9.78 Å². The van der Waals surface area contributed by atoms with Gasteiger partial charge in [0, 0.05) is 52.0 Å². The quantitative estimate of drug-likeness (QED) is 0.693. The minimum absolute atomic E-state index is 0.000358. The number of alkyl halides is 3. The third kappa shape index (κ3) is 6.02. The molecule has 3 amide bonds. The molecular formula is C14H21F3N6O2. The molecule has 0 radical (unpaired) electrons. The summed E-state index contributed by atoms with van der Waals surface area (Å²) in [6, 6.07) is -1.16. The number of imide groups is 1. The van der Waals surface area contributed by atoms with Crippen molar-refractivity contribution in [2.45, 2.75) is 18.6 Å². The third-order valence-corrected chi connectivity index (χ3v) is 3.84. The molecule has 1 atom stereocenters. The second-order valence-corrected chi connectivity index (χ2v) is 5.75. The topological polar surface area (TPSA) is 91.3 Å². The Bertz CT molecular complexity index is 604. The average molecular weight is 362 g/mol. The monoisotopic (exact) mass is 362 g/mol. The highest BCUT2D eigenvalue weighted by atomic mass is 19.4. The zero-order chi connectivity index (χ0) is 18.4. The molecule has 0 aliphatic carbocycles. The lowest BCUT2D eigenvalue weighted by Gasteiger charge is -2.35. The molecule has 1 aromatic heterocycles. The molecule has 1 fully saturated rings. The number of urea groups is 1. The van der Waals surface area contributed by atoms with Gasteiger partial charge in [-0.15, -0.1) is 0 Å². The summed E-state index contributed by atoms with van der Waals surface area (Å²) in [5.74, 6) is 0.229. The second kappa shape index (κ2) is 8.30. The Hall–Kier alpha value is -2.14. The number of rotatable bonds is 5. The standard InChI is InChI=1S/C14H21F3N6O2/c1-22-6-4-19-12(22)10-8-18-3-7-23(10)5-2-11(24)21-13(25)20-9-14(15,16)17/h4,6,10,18H,2-3,5,7-9H2,1H3,(H2,20,21,24,25). The van der Waals surface area contributed by atoms with Crippen LogP contribution in [0.3, 0.4) is 0 Å². The fraction of sp³-hybridized carbons (Fsp3) is 0.643. The van der Waals surface area contributed by atoms with Gasteiger partial charge in [-0.3, -0.25) is 15.0 Å². The van der Waals surface area contributed by atoms with E-state index in [1.807, 2.05) is 23.1 Å². The van der Waals surface area contributed by atoms with Gasteiger partial charge in [0.2, 0.25) is 5.91 Å². The van der Waals surface area contributed by atoms with Gasteiger partial charge < -0.3 is 15.2 Å². The number of amides is 3. The van der Waals surface area contributed by atoms with E-state index in [1.165, 1.54) is 0 Å². The number of aryl methyl sites for hydroxylation is 1. The summed E-state index contributed by atoms with van der Waals surface area (Å²) in [6.45, 7) is 1.03. The smallest absolute Gasteiger partial charge is 0.337 e. The van der Waals surface area contributed by atoms with Crippen molar-refractivity contribution in [3.8, 4) is 0 Å². The first-order chi connectivity index (χ1) is 11.8. The van der Waals surface area contributed by atoms with Crippen LogP contribution in [-0.2, 0) is 11.8 Å². The summed E-state index contributed by atoms with van der Waals surface area (Å²) in [4.78, 5) is 29.4. The Kier molecular flexibility index (Phi) is 6.37. The zero-order valence-corrected chi connectivity index (χ0v) is 13.8. The molecule has 0 bridgehead atoms. The van der Waals surface area contributed by atoms with Crippen molar-refractivity contribution in [2.75, 3.05) is 32.7 Å². The van der Waals surface area contributed by atoms with Crippen LogP contribution < -0.4 is 16.0 Å². The van der Waals surface area contributed by atoms with Crippen LogP contribution in [0.2, 0.25) is 0 Å². The van der Waals surface area contributed by atoms with E-state index < -0.39 is 24.7 Å². The molecule has 140 valence electrons. The maximum Gasteiger partial charge on any atom is 0.405 e. The number of hydrogen-bond donors (Lipinski definition) is 3. The van der Waals surface area contributed by atoms with Crippen LogP contribution in [0.4, 0.5) is 18.0 Å². The van der Waals surface area contributed by atoms with E-state index in [0.29, 0.717) is 19.6 Å². The van der Waals surface area contributed by atoms with Crippen molar-refractivity contribution in [2.24, 2.45) is 7.05 Å². The Labute approximate surface area is 142 Å². The summed E-state index contributed by atoms with van der Waals surface area (Å²) in [6.07, 6.45) is -0.990. The molecule has 1 saturated heterocycles. The maximum atomic E-state index is 12.0. The number of aromatic nitrogens is 2. The minimum Gasteiger partial charge on any atom is -0.337 e. The predicted octanol–water partition coefficient (Wildman–Crippen LogP) is 0.145. The van der Waals surface area contributed by atoms with Gasteiger partial charge in [0.05, 0.1) is 6.04 Å². The van der Waals surface area contributed by atoms with Crippen molar-refractivity contribution in [1.82, 2.24) is 30.4 Å². The third-order valence-electron chi connectivity index (χ3n) is 3.84. The summed E-state index contributed by atoms with van der Waals surface area (Å²) in [5, 5.41) is 6.76. The first-order valence-electron chi connectivity index (χ1n) is 7.82. The van der Waals surface area contributed by atoms with Crippen LogP contribution >= 0.6 is 0 Å². The Balaban J connectivity index is 1.81. The number of nitrogens with zero attached hydrogens (tertiary/aromatic N) is 3. The lowest BCUT2D eigenvalue weighted by atomic mass is 10.1. The SMILES string of the molecule is Cn1ccnc1C1CNCCN1CCC(=O)NC(=O)NCC(F)(F)F. The van der Waals surface area contributed by atoms with Crippen LogP contribution in [-0.4, -0.2) is 65.3 Å². The maximum absolute atomic E-state index is 12.0. The van der Waals surface area contributed by atoms with Gasteiger partial charge in [0.15, 0.2) is 0 Å². The average Bonchev–Trinajstić information content (AvgIpc) is 2.96. The molecule has 1 unspecified atom stereocenters. The summed E-state index contributed by atoms with van der Waals surface area (Å²) >= 11 is 0. The van der Waals surface area contributed by atoms with Crippen molar-refractivity contribution < 1.29 is 22.8 Å². The first-order valence-corrected chi connectivity index (χ1v) is 7.82. The van der Waals surface area contributed by atoms with Gasteiger partial charge in [0.25, 0.3) is 0 Å². The molecule has 0 aromatic carbocycles. The van der Waals surface area contributed by atoms with Gasteiger partial charge in [-0.1, -0.05) is 0 Å². The van der Waals surface area contributed by atoms with Crippen LogP contribution in [0, 0.1) is 0 Å². The highest BCUT2D eigenvalue weighted by Crippen LogP contribution is 2.20. The highest BCUT2D eigenvalue weighted by Gasteiger charge is 2.29. The van der Waals surface area contributed by atoms with E-state index in [2.05, 4.69) is 15.2 Å². The van der Waals surface area contributed by atoms with E-state index in [1.54, 1.807) is 11.5 Å². The van der Waals surface area contributed by atoms with Crippen molar-refractivity contribution in [3.05, 3.63) is 18.2 Å². The fourth-order valence-corrected chi connectivity index (χ4v) is 2.63. The molecule has 25 heavy (non-hydrogen) atoms. The molecule has 2 heterocycles.